The van der Waals surface area contributed by atoms with E-state index in [9.17, 15) is 19.1 Å². The molecular weight excluding hydrogens is 610 g/mol. The van der Waals surface area contributed by atoms with Crippen molar-refractivity contribution in [2.75, 3.05) is 20.3 Å². The molecule has 0 aromatic heterocycles. The highest BCUT2D eigenvalue weighted by Gasteiger charge is 2.53. The lowest BCUT2D eigenvalue weighted by atomic mass is 9.81. The van der Waals surface area contributed by atoms with Crippen LogP contribution in [0.2, 0.25) is 0 Å². The van der Waals surface area contributed by atoms with E-state index in [2.05, 4.69) is 20.9 Å². The second kappa shape index (κ2) is 15.2. The van der Waals surface area contributed by atoms with E-state index in [0.29, 0.717) is 46.9 Å². The first-order valence-corrected chi connectivity index (χ1v) is 14.7. The summed E-state index contributed by atoms with van der Waals surface area (Å²) in [7, 11) is 1.52. The molecule has 11 nitrogen and oxygen atoms in total. The number of halogens is 2. The fraction of sp³-hybridized carbons (Fsp3) is 0.235. The van der Waals surface area contributed by atoms with Crippen molar-refractivity contribution in [2.24, 2.45) is 10.1 Å². The first kappa shape index (κ1) is 32.9. The molecule has 1 amide bonds. The monoisotopic (exact) mass is 642 g/mol. The maximum Gasteiger partial charge on any atom is 0.266 e. The summed E-state index contributed by atoms with van der Waals surface area (Å²) < 4.78 is 45.3. The summed E-state index contributed by atoms with van der Waals surface area (Å²) in [5.74, 6) is -0.837. The van der Waals surface area contributed by atoms with Gasteiger partial charge >= 0.3 is 0 Å². The van der Waals surface area contributed by atoms with E-state index in [1.807, 2.05) is 0 Å². The van der Waals surface area contributed by atoms with Gasteiger partial charge in [-0.25, -0.2) is 19.2 Å². The highest BCUT2D eigenvalue weighted by atomic mass is 19.1. The van der Waals surface area contributed by atoms with Gasteiger partial charge in [-0.2, -0.15) is 0 Å². The highest BCUT2D eigenvalue weighted by Crippen LogP contribution is 2.44. The maximum absolute atomic E-state index is 14.4. The molecule has 0 bridgehead atoms. The Morgan fingerprint density at radius 2 is 1.81 bits per heavy atom. The highest BCUT2D eigenvalue weighted by molar-refractivity contribution is 6.01. The van der Waals surface area contributed by atoms with Gasteiger partial charge in [0, 0.05) is 48.2 Å². The van der Waals surface area contributed by atoms with E-state index in [1.165, 1.54) is 7.11 Å². The number of azide groups is 1. The number of rotatable bonds is 14. The summed E-state index contributed by atoms with van der Waals surface area (Å²) in [4.78, 5) is 22.3. The standard InChI is InChI=1S/C34H32F2N6O5/c1-45-29-8-4-7-24(18-29)31-34(20-25-6-2-3-9-30(25)40-42-37,33(44)41-38-21-22-16-26(35)19-27(36)17-22)39-32(47-31)23-10-12-28(13-11-23)46-15-5-14-43/h2-4,6-13,16-19,31,38,43H,5,14-15,20-21H2,1H3,(H,41,44)/t31-,34-/m0/s1. The van der Waals surface area contributed by atoms with E-state index in [1.54, 1.807) is 72.8 Å². The lowest BCUT2D eigenvalue weighted by molar-refractivity contribution is -0.130. The van der Waals surface area contributed by atoms with Crippen molar-refractivity contribution in [3.05, 3.63) is 135 Å². The summed E-state index contributed by atoms with van der Waals surface area (Å²) in [5, 5.41) is 12.9. The SMILES string of the molecule is COc1cccc([C@@H]2OC(c3ccc(OCCCO)cc3)=N[C@]2(Cc2ccccc2N=[N+]=[N-])C(=O)NNCc2cc(F)cc(F)c2)c1. The quantitative estimate of drug-likeness (QED) is 0.0505. The number of hydrogen-bond donors (Lipinski definition) is 3. The van der Waals surface area contributed by atoms with Crippen molar-refractivity contribution >= 4 is 17.5 Å². The van der Waals surface area contributed by atoms with Gasteiger partial charge in [0.1, 0.15) is 23.1 Å². The van der Waals surface area contributed by atoms with Crippen LogP contribution in [0.25, 0.3) is 10.4 Å². The third-order valence-corrected chi connectivity index (χ3v) is 7.45. The van der Waals surface area contributed by atoms with Crippen molar-refractivity contribution in [3.8, 4) is 11.5 Å². The molecule has 47 heavy (non-hydrogen) atoms. The molecule has 5 rings (SSSR count). The number of hydrogen-bond acceptors (Lipinski definition) is 8. The molecule has 13 heteroatoms. The van der Waals surface area contributed by atoms with Crippen LogP contribution in [-0.4, -0.2) is 42.8 Å². The van der Waals surface area contributed by atoms with Crippen LogP contribution in [0.1, 0.15) is 34.8 Å². The fourth-order valence-corrected chi connectivity index (χ4v) is 5.23. The molecule has 4 aromatic rings. The summed E-state index contributed by atoms with van der Waals surface area (Å²) in [6, 6.07) is 23.9. The molecule has 4 aromatic carbocycles. The maximum atomic E-state index is 14.4. The number of ether oxygens (including phenoxy) is 3. The Morgan fingerprint density at radius 3 is 2.53 bits per heavy atom. The molecule has 1 aliphatic rings. The third kappa shape index (κ3) is 7.85. The van der Waals surface area contributed by atoms with E-state index < -0.39 is 29.2 Å². The first-order chi connectivity index (χ1) is 22.8. The van der Waals surface area contributed by atoms with E-state index >= 15 is 0 Å². The Kier molecular flexibility index (Phi) is 10.6. The lowest BCUT2D eigenvalue weighted by Crippen LogP contribution is -2.53. The van der Waals surface area contributed by atoms with Gasteiger partial charge in [-0.05, 0) is 70.8 Å². The van der Waals surface area contributed by atoms with Gasteiger partial charge in [0.25, 0.3) is 5.91 Å². The first-order valence-electron chi connectivity index (χ1n) is 14.7. The van der Waals surface area contributed by atoms with Gasteiger partial charge in [0.15, 0.2) is 11.6 Å². The van der Waals surface area contributed by atoms with Crippen LogP contribution in [0.3, 0.4) is 0 Å². The largest absolute Gasteiger partial charge is 0.497 e. The molecule has 1 aliphatic heterocycles. The average molecular weight is 643 g/mol. The number of carbonyl (C=O) groups excluding carboxylic acids is 1. The molecule has 0 spiro atoms. The van der Waals surface area contributed by atoms with Crippen molar-refractivity contribution in [2.45, 2.75) is 31.0 Å². The van der Waals surface area contributed by atoms with Gasteiger partial charge in [-0.3, -0.25) is 10.2 Å². The average Bonchev–Trinajstić information content (AvgIpc) is 3.46. The van der Waals surface area contributed by atoms with Gasteiger partial charge in [-0.15, -0.1) is 0 Å². The van der Waals surface area contributed by atoms with Crippen LogP contribution in [0.4, 0.5) is 14.5 Å². The predicted molar refractivity (Wildman–Crippen MR) is 170 cm³/mol. The number of aliphatic hydroxyl groups excluding tert-OH is 1. The van der Waals surface area contributed by atoms with Crippen LogP contribution in [0.5, 0.6) is 11.5 Å². The molecule has 0 saturated heterocycles. The lowest BCUT2D eigenvalue weighted by Gasteiger charge is -2.31. The van der Waals surface area contributed by atoms with E-state index in [0.717, 1.165) is 18.2 Å². The second-order valence-electron chi connectivity index (χ2n) is 10.6. The zero-order valence-corrected chi connectivity index (χ0v) is 25.4. The smallest absolute Gasteiger partial charge is 0.266 e. The number of methoxy groups -OCH3 is 1. The van der Waals surface area contributed by atoms with Gasteiger partial charge in [0.2, 0.25) is 5.90 Å². The summed E-state index contributed by atoms with van der Waals surface area (Å²) >= 11 is 0. The van der Waals surface area contributed by atoms with Crippen LogP contribution in [0.15, 0.2) is 101 Å². The number of aliphatic hydroxyl groups is 1. The van der Waals surface area contributed by atoms with Crippen molar-refractivity contribution in [1.82, 2.24) is 10.9 Å². The topological polar surface area (TPSA) is 150 Å². The summed E-state index contributed by atoms with van der Waals surface area (Å²) in [5.41, 5.74) is 15.2. The van der Waals surface area contributed by atoms with Crippen molar-refractivity contribution in [3.63, 3.8) is 0 Å². The van der Waals surface area contributed by atoms with E-state index in [4.69, 9.17) is 24.3 Å². The zero-order chi connectivity index (χ0) is 33.2. The van der Waals surface area contributed by atoms with Crippen LogP contribution >= 0.6 is 0 Å². The second-order valence-corrected chi connectivity index (χ2v) is 10.6. The molecule has 0 fully saturated rings. The molecule has 0 saturated carbocycles. The zero-order valence-electron chi connectivity index (χ0n) is 25.4. The minimum atomic E-state index is -1.68. The number of nitrogens with zero attached hydrogens (tertiary/aromatic N) is 4. The minimum Gasteiger partial charge on any atom is -0.497 e. The molecule has 242 valence electrons. The molecule has 0 radical (unpaired) electrons. The molecule has 3 N–H and O–H groups in total. The fourth-order valence-electron chi connectivity index (χ4n) is 5.23. The molecule has 2 atom stereocenters. The predicted octanol–water partition coefficient (Wildman–Crippen LogP) is 6.00. The van der Waals surface area contributed by atoms with Crippen LogP contribution in [-0.2, 0) is 22.5 Å². The Bertz CT molecular complexity index is 1780. The van der Waals surface area contributed by atoms with Crippen LogP contribution in [0, 0.1) is 11.6 Å². The number of hydrazine groups is 1. The summed E-state index contributed by atoms with van der Waals surface area (Å²) in [6.45, 7) is 0.258. The number of nitrogens with one attached hydrogen (secondary N) is 2. The third-order valence-electron chi connectivity index (χ3n) is 7.45. The van der Waals surface area contributed by atoms with Crippen molar-refractivity contribution < 1.29 is 32.9 Å². The Labute approximate surface area is 269 Å². The normalized spacial score (nSPS) is 16.9. The number of benzene rings is 4. The molecule has 0 aliphatic carbocycles. The van der Waals surface area contributed by atoms with Gasteiger partial charge in [0.05, 0.1) is 13.7 Å². The minimum absolute atomic E-state index is 0.00925. The molecule has 0 unspecified atom stereocenters. The number of amides is 1. The van der Waals surface area contributed by atoms with Crippen molar-refractivity contribution in [1.29, 1.82) is 0 Å². The van der Waals surface area contributed by atoms with Gasteiger partial charge in [-0.1, -0.05) is 41.5 Å². The number of carbonyl (C=O) groups is 1. The summed E-state index contributed by atoms with van der Waals surface area (Å²) in [6.07, 6.45) is -0.574. The van der Waals surface area contributed by atoms with E-state index in [-0.39, 0.29) is 31.0 Å². The number of aliphatic imine (C=N–C) groups is 1. The Balaban J connectivity index is 1.57. The van der Waals surface area contributed by atoms with Crippen LogP contribution < -0.4 is 20.3 Å². The Morgan fingerprint density at radius 1 is 1.04 bits per heavy atom. The molecular formula is C34H32F2N6O5. The Hall–Kier alpha value is -5.49. The molecule has 1 heterocycles. The van der Waals surface area contributed by atoms with Gasteiger partial charge < -0.3 is 19.3 Å².